The fourth-order valence-electron chi connectivity index (χ4n) is 7.74. The summed E-state index contributed by atoms with van der Waals surface area (Å²) in [5.74, 6) is -1.69. The van der Waals surface area contributed by atoms with E-state index in [1.54, 1.807) is 48.5 Å². The van der Waals surface area contributed by atoms with Crippen molar-refractivity contribution in [2.75, 3.05) is 6.61 Å². The fraction of sp³-hybridized carbons (Fsp3) is 0.412. The summed E-state index contributed by atoms with van der Waals surface area (Å²) < 4.78 is 127. The van der Waals surface area contributed by atoms with Gasteiger partial charge in [-0.3, -0.25) is 37.4 Å². The van der Waals surface area contributed by atoms with E-state index >= 15 is 0 Å². The Labute approximate surface area is 426 Å². The molecule has 2 aromatic heterocycles. The second kappa shape index (κ2) is 28.1. The van der Waals surface area contributed by atoms with Crippen LogP contribution >= 0.6 is 0 Å². The molecule has 24 heteroatoms. The average molecular weight is 1090 g/mol. The van der Waals surface area contributed by atoms with Crippen molar-refractivity contribution in [1.82, 2.24) is 18.3 Å². The third-order valence-corrected chi connectivity index (χ3v) is 15.1. The number of alkyl halides is 9. The van der Waals surface area contributed by atoms with Crippen LogP contribution in [0.1, 0.15) is 82.2 Å². The molecule has 1 N–H and O–H groups in total. The zero-order valence-electron chi connectivity index (χ0n) is 42.2. The van der Waals surface area contributed by atoms with Gasteiger partial charge in [-0.25, -0.2) is 9.59 Å². The molecule has 0 aliphatic rings. The van der Waals surface area contributed by atoms with E-state index in [2.05, 4.69) is 30.2 Å². The first-order chi connectivity index (χ1) is 35.1. The molecule has 410 valence electrons. The third-order valence-electron chi connectivity index (χ3n) is 11.6. The average Bonchev–Trinajstić information content (AvgIpc) is 3.35. The van der Waals surface area contributed by atoms with Gasteiger partial charge in [0.05, 0.1) is 28.4 Å². The Balaban J connectivity index is 0.000000320. The smallest absolute Gasteiger partial charge is 0.466 e. The van der Waals surface area contributed by atoms with E-state index in [1.807, 2.05) is 6.92 Å². The summed E-state index contributed by atoms with van der Waals surface area (Å²) in [6, 6.07) is 25.7. The van der Waals surface area contributed by atoms with Gasteiger partial charge in [0, 0.05) is 60.5 Å². The molecule has 1 atom stereocenters. The first-order valence-electron chi connectivity index (χ1n) is 23.6. The van der Waals surface area contributed by atoms with Crippen molar-refractivity contribution in [1.29, 1.82) is 0 Å². The van der Waals surface area contributed by atoms with Crippen molar-refractivity contribution in [3.63, 3.8) is 0 Å². The van der Waals surface area contributed by atoms with Gasteiger partial charge in [-0.15, -0.1) is 26.3 Å². The molecule has 2 heterocycles. The quantitative estimate of drug-likeness (QED) is 0.0324. The number of esters is 1. The van der Waals surface area contributed by atoms with E-state index in [1.165, 1.54) is 72.6 Å². The van der Waals surface area contributed by atoms with Crippen molar-refractivity contribution >= 4 is 42.9 Å². The maximum Gasteiger partial charge on any atom is 0.573 e. The largest absolute Gasteiger partial charge is 0.573 e. The van der Waals surface area contributed by atoms with Crippen molar-refractivity contribution in [3.05, 3.63) is 149 Å². The molecular weight excluding hydrogens is 1030 g/mol. The lowest BCUT2D eigenvalue weighted by atomic mass is 9.97. The first-order valence-corrected chi connectivity index (χ1v) is 26.1. The molecule has 75 heavy (non-hydrogen) atoms. The number of ether oxygens (including phenoxy) is 3. The number of fused-ring (bicyclic) bond motifs is 2. The van der Waals surface area contributed by atoms with Gasteiger partial charge in [0.25, 0.3) is 11.1 Å². The zero-order valence-corrected chi connectivity index (χ0v) is 43.4. The lowest BCUT2D eigenvalue weighted by Crippen LogP contribution is -2.39. The Bertz CT molecular complexity index is 3070. The SMILES string of the molecule is CC(=O)OCCCn1c(=O)c2c(Cc3ccccc3)c(OC(F)(F)F)ccc2n(C)c1=O.CCCCn1c(=O)c2c(C(O)c3ccccc3)c(OC(F)(F)F)ccc2n(C)c1=O.CC[SiH](CC)CC.O=CC(F)(F)F. The van der Waals surface area contributed by atoms with E-state index in [0.29, 0.717) is 18.4 Å². The van der Waals surface area contributed by atoms with Crippen molar-refractivity contribution in [2.45, 2.75) is 117 Å². The Kier molecular flexibility index (Phi) is 23.3. The number of rotatable bonds is 16. The minimum atomic E-state index is -5.03. The summed E-state index contributed by atoms with van der Waals surface area (Å²) in [4.78, 5) is 71.4. The van der Waals surface area contributed by atoms with Crippen LogP contribution in [0.25, 0.3) is 21.8 Å². The van der Waals surface area contributed by atoms with Crippen LogP contribution in [-0.2, 0) is 47.9 Å². The lowest BCUT2D eigenvalue weighted by Gasteiger charge is -2.21. The number of aliphatic hydroxyl groups is 1. The van der Waals surface area contributed by atoms with Gasteiger partial charge in [0.2, 0.25) is 6.29 Å². The Morgan fingerprint density at radius 1 is 0.653 bits per heavy atom. The van der Waals surface area contributed by atoms with Gasteiger partial charge in [-0.2, -0.15) is 13.2 Å². The number of carbonyl (C=O) groups is 2. The molecule has 1 unspecified atom stereocenters. The second-order valence-corrected chi connectivity index (χ2v) is 21.0. The number of benzene rings is 4. The predicted molar refractivity (Wildman–Crippen MR) is 267 cm³/mol. The van der Waals surface area contributed by atoms with Crippen molar-refractivity contribution in [3.8, 4) is 11.5 Å². The molecule has 0 saturated heterocycles. The van der Waals surface area contributed by atoms with Gasteiger partial charge in [0.1, 0.15) is 17.6 Å². The molecular formula is C51H59F9N4O10Si. The molecule has 0 aliphatic carbocycles. The maximum atomic E-state index is 13.3. The van der Waals surface area contributed by atoms with Crippen LogP contribution in [0.15, 0.2) is 104 Å². The maximum absolute atomic E-state index is 13.3. The molecule has 0 amide bonds. The standard InChI is InChI=1S/C22H21F3N2O5.C21H21F3N2O4.C6H16Si.C2HF3O/c1-14(28)31-12-6-11-27-20(29)19-16(13-15-7-4-3-5-8-15)18(32-22(23,24)25)10-9-17(19)26(2)21(27)30;1-3-4-12-26-19(28)16-14(25(2)20(26)29)10-11-15(30-21(22,23)24)17(16)18(27)13-8-6-5-7-9-13;1-4-7(5-2)6-3;3-2(4,5)1-6/h3-5,7-10H,6,11-13H2,1-2H3;5-11,18,27H,3-4,12H2,1-2H3;7H,4-6H2,1-3H3;1H. The van der Waals surface area contributed by atoms with Gasteiger partial charge in [-0.05, 0) is 48.2 Å². The van der Waals surface area contributed by atoms with E-state index in [0.717, 1.165) is 21.3 Å². The highest BCUT2D eigenvalue weighted by Gasteiger charge is 2.35. The number of aromatic nitrogens is 4. The first kappa shape index (κ1) is 62.3. The Morgan fingerprint density at radius 2 is 1.09 bits per heavy atom. The number of aliphatic hydroxyl groups excluding tert-OH is 1. The van der Waals surface area contributed by atoms with Crippen LogP contribution in [0.5, 0.6) is 11.5 Å². The summed E-state index contributed by atoms with van der Waals surface area (Å²) in [5, 5.41) is 10.7. The summed E-state index contributed by atoms with van der Waals surface area (Å²) in [6.45, 7) is 10.1. The number of aldehydes is 1. The number of aryl methyl sites for hydroxylation is 2. The van der Waals surface area contributed by atoms with Crippen molar-refractivity contribution < 1.29 is 68.4 Å². The van der Waals surface area contributed by atoms with Crippen LogP contribution in [0.4, 0.5) is 39.5 Å². The van der Waals surface area contributed by atoms with Crippen LogP contribution in [0, 0.1) is 0 Å². The fourth-order valence-corrected chi connectivity index (χ4v) is 9.47. The number of nitrogens with zero attached hydrogens (tertiary/aromatic N) is 4. The Morgan fingerprint density at radius 3 is 1.53 bits per heavy atom. The third kappa shape index (κ3) is 18.1. The molecule has 0 spiro atoms. The summed E-state index contributed by atoms with van der Waals surface area (Å²) in [6.07, 6.45) is -15.8. The molecule has 6 aromatic rings. The Hall–Kier alpha value is -6.95. The van der Waals surface area contributed by atoms with E-state index < -0.39 is 71.3 Å². The lowest BCUT2D eigenvalue weighted by molar-refractivity contribution is -0.276. The number of unbranched alkanes of at least 4 members (excludes halogenated alkanes) is 1. The summed E-state index contributed by atoms with van der Waals surface area (Å²) in [7, 11) is 2.69. The number of hydrogen-bond donors (Lipinski definition) is 1. The van der Waals surface area contributed by atoms with Crippen LogP contribution < -0.4 is 32.0 Å². The second-order valence-electron chi connectivity index (χ2n) is 16.8. The number of hydrogen-bond acceptors (Lipinski definition) is 10. The highest BCUT2D eigenvalue weighted by atomic mass is 28.3. The molecule has 14 nitrogen and oxygen atoms in total. The topological polar surface area (TPSA) is 170 Å². The monoisotopic (exact) mass is 1090 g/mol. The highest BCUT2D eigenvalue weighted by molar-refractivity contribution is 6.58. The molecule has 4 aromatic carbocycles. The van der Waals surface area contributed by atoms with E-state index in [9.17, 15) is 68.6 Å². The highest BCUT2D eigenvalue weighted by Crippen LogP contribution is 2.37. The molecule has 0 bridgehead atoms. The van der Waals surface area contributed by atoms with Crippen LogP contribution in [0.3, 0.4) is 0 Å². The van der Waals surface area contributed by atoms with Gasteiger partial charge < -0.3 is 19.3 Å². The predicted octanol–water partition coefficient (Wildman–Crippen LogP) is 9.64. The molecule has 0 radical (unpaired) electrons. The minimum absolute atomic E-state index is 0.00291. The molecule has 0 aliphatic heterocycles. The van der Waals surface area contributed by atoms with Gasteiger partial charge in [-0.1, -0.05) is 113 Å². The normalized spacial score (nSPS) is 11.9. The molecule has 0 fully saturated rings. The summed E-state index contributed by atoms with van der Waals surface area (Å²) in [5.41, 5.74) is -1.75. The van der Waals surface area contributed by atoms with E-state index in [4.69, 9.17) is 9.53 Å². The minimum Gasteiger partial charge on any atom is -0.466 e. The van der Waals surface area contributed by atoms with Gasteiger partial charge >= 0.3 is 36.2 Å². The van der Waals surface area contributed by atoms with Gasteiger partial charge in [0.15, 0.2) is 0 Å². The van der Waals surface area contributed by atoms with Crippen LogP contribution in [-0.4, -0.2) is 69.9 Å². The number of carbonyl (C=O) groups excluding carboxylic acids is 2. The van der Waals surface area contributed by atoms with Crippen molar-refractivity contribution in [2.24, 2.45) is 14.1 Å². The van der Waals surface area contributed by atoms with Crippen LogP contribution in [0.2, 0.25) is 18.1 Å². The number of halogens is 9. The zero-order chi connectivity index (χ0) is 56.4. The summed E-state index contributed by atoms with van der Waals surface area (Å²) >= 11 is 0. The molecule has 6 rings (SSSR count). The van der Waals surface area contributed by atoms with E-state index in [-0.39, 0.29) is 79.8 Å². The molecule has 0 saturated carbocycles.